The lowest BCUT2D eigenvalue weighted by Crippen LogP contribution is -2.20. The van der Waals surface area contributed by atoms with Crippen molar-refractivity contribution in [1.29, 1.82) is 0 Å². The first-order chi connectivity index (χ1) is 9.85. The van der Waals surface area contributed by atoms with Crippen LogP contribution in [0.2, 0.25) is 0 Å². The molecule has 0 aliphatic carbocycles. The molecule has 0 spiro atoms. The lowest BCUT2D eigenvalue weighted by molar-refractivity contribution is 0.249. The molecule has 1 atom stereocenters. The maximum Gasteiger partial charge on any atom is 0.0769 e. The molecule has 106 valence electrons. The number of hydrogen-bond acceptors (Lipinski definition) is 3. The van der Waals surface area contributed by atoms with E-state index in [1.54, 1.807) is 0 Å². The molecule has 1 saturated heterocycles. The molecule has 0 radical (unpaired) electrons. The SMILES string of the molecule is OCCC1CCN(Cc2ccn(-c3ccccc3)n2)C1. The largest absolute Gasteiger partial charge is 0.396 e. The van der Waals surface area contributed by atoms with E-state index in [0.29, 0.717) is 12.5 Å². The zero-order valence-electron chi connectivity index (χ0n) is 11.7. The van der Waals surface area contributed by atoms with E-state index < -0.39 is 0 Å². The monoisotopic (exact) mass is 271 g/mol. The Morgan fingerprint density at radius 3 is 2.85 bits per heavy atom. The predicted octanol–water partition coefficient (Wildman–Crippen LogP) is 2.08. The fourth-order valence-corrected chi connectivity index (χ4v) is 2.87. The van der Waals surface area contributed by atoms with Gasteiger partial charge in [-0.1, -0.05) is 18.2 Å². The van der Waals surface area contributed by atoms with Crippen LogP contribution in [-0.2, 0) is 6.54 Å². The van der Waals surface area contributed by atoms with Gasteiger partial charge in [0.25, 0.3) is 0 Å². The van der Waals surface area contributed by atoms with Gasteiger partial charge in [0.2, 0.25) is 0 Å². The van der Waals surface area contributed by atoms with Crippen LogP contribution >= 0.6 is 0 Å². The third-order valence-corrected chi connectivity index (χ3v) is 3.96. The van der Waals surface area contributed by atoms with Gasteiger partial charge in [0.15, 0.2) is 0 Å². The van der Waals surface area contributed by atoms with Gasteiger partial charge in [-0.2, -0.15) is 5.10 Å². The zero-order chi connectivity index (χ0) is 13.8. The van der Waals surface area contributed by atoms with Crippen LogP contribution in [0.5, 0.6) is 0 Å². The van der Waals surface area contributed by atoms with E-state index in [2.05, 4.69) is 28.2 Å². The molecule has 0 saturated carbocycles. The Bertz CT molecular complexity index is 538. The second-order valence-electron chi connectivity index (χ2n) is 5.49. The molecule has 1 aromatic heterocycles. The van der Waals surface area contributed by atoms with Crippen molar-refractivity contribution in [2.75, 3.05) is 19.7 Å². The van der Waals surface area contributed by atoms with Crippen molar-refractivity contribution in [3.8, 4) is 5.69 Å². The molecule has 1 aliphatic heterocycles. The minimum absolute atomic E-state index is 0.307. The molecule has 1 aromatic carbocycles. The topological polar surface area (TPSA) is 41.3 Å². The van der Waals surface area contributed by atoms with Crippen molar-refractivity contribution in [2.45, 2.75) is 19.4 Å². The van der Waals surface area contributed by atoms with Gasteiger partial charge in [-0.3, -0.25) is 4.90 Å². The van der Waals surface area contributed by atoms with Crippen LogP contribution in [0.15, 0.2) is 42.6 Å². The summed E-state index contributed by atoms with van der Waals surface area (Å²) in [6, 6.07) is 12.3. The number of rotatable bonds is 5. The summed E-state index contributed by atoms with van der Waals surface area (Å²) in [5, 5.41) is 13.6. The summed E-state index contributed by atoms with van der Waals surface area (Å²) >= 11 is 0. The Morgan fingerprint density at radius 2 is 2.05 bits per heavy atom. The van der Waals surface area contributed by atoms with E-state index in [4.69, 9.17) is 5.11 Å². The fraction of sp³-hybridized carbons (Fsp3) is 0.438. The lowest BCUT2D eigenvalue weighted by Gasteiger charge is -2.14. The van der Waals surface area contributed by atoms with Gasteiger partial charge in [-0.15, -0.1) is 0 Å². The highest BCUT2D eigenvalue weighted by Crippen LogP contribution is 2.20. The van der Waals surface area contributed by atoms with Gasteiger partial charge in [0, 0.05) is 25.9 Å². The van der Waals surface area contributed by atoms with E-state index in [1.165, 1.54) is 6.42 Å². The second kappa shape index (κ2) is 6.20. The summed E-state index contributed by atoms with van der Waals surface area (Å²) in [5.74, 6) is 0.649. The Labute approximate surface area is 119 Å². The van der Waals surface area contributed by atoms with Crippen molar-refractivity contribution in [3.63, 3.8) is 0 Å². The van der Waals surface area contributed by atoms with Crippen molar-refractivity contribution in [1.82, 2.24) is 14.7 Å². The Morgan fingerprint density at radius 1 is 1.20 bits per heavy atom. The van der Waals surface area contributed by atoms with Gasteiger partial charge in [0.1, 0.15) is 0 Å². The molecule has 1 N–H and O–H groups in total. The van der Waals surface area contributed by atoms with Crippen molar-refractivity contribution in [2.24, 2.45) is 5.92 Å². The number of aliphatic hydroxyl groups excluding tert-OH is 1. The van der Waals surface area contributed by atoms with Crippen molar-refractivity contribution in [3.05, 3.63) is 48.3 Å². The van der Waals surface area contributed by atoms with Crippen LogP contribution in [0.25, 0.3) is 5.69 Å². The number of aromatic nitrogens is 2. The van der Waals surface area contributed by atoms with Gasteiger partial charge < -0.3 is 5.11 Å². The highest BCUT2D eigenvalue weighted by Gasteiger charge is 2.22. The number of nitrogens with zero attached hydrogens (tertiary/aromatic N) is 3. The average molecular weight is 271 g/mol. The number of likely N-dealkylation sites (tertiary alicyclic amines) is 1. The standard InChI is InChI=1S/C16H21N3O/c20-11-8-14-6-9-18(12-14)13-15-7-10-19(17-15)16-4-2-1-3-5-16/h1-5,7,10,14,20H,6,8-9,11-13H2. The van der Waals surface area contributed by atoms with Crippen LogP contribution in [0.4, 0.5) is 0 Å². The Hall–Kier alpha value is -1.65. The van der Waals surface area contributed by atoms with Crippen LogP contribution in [0.3, 0.4) is 0 Å². The summed E-state index contributed by atoms with van der Waals surface area (Å²) in [6.45, 7) is 3.41. The Balaban J connectivity index is 1.61. The lowest BCUT2D eigenvalue weighted by atomic mass is 10.1. The predicted molar refractivity (Wildman–Crippen MR) is 78.7 cm³/mol. The van der Waals surface area contributed by atoms with Gasteiger partial charge in [-0.25, -0.2) is 4.68 Å². The highest BCUT2D eigenvalue weighted by molar-refractivity contribution is 5.30. The van der Waals surface area contributed by atoms with Crippen LogP contribution in [0.1, 0.15) is 18.5 Å². The first-order valence-corrected chi connectivity index (χ1v) is 7.28. The molecule has 0 bridgehead atoms. The van der Waals surface area contributed by atoms with Crippen LogP contribution in [-0.4, -0.2) is 39.5 Å². The van der Waals surface area contributed by atoms with Gasteiger partial charge in [0.05, 0.1) is 11.4 Å². The highest BCUT2D eigenvalue weighted by atomic mass is 16.3. The molecule has 2 aromatic rings. The van der Waals surface area contributed by atoms with Crippen molar-refractivity contribution >= 4 is 0 Å². The molecule has 0 amide bonds. The molecule has 4 nitrogen and oxygen atoms in total. The average Bonchev–Trinajstić information content (AvgIpc) is 3.11. The summed E-state index contributed by atoms with van der Waals surface area (Å²) in [6.07, 6.45) is 4.14. The van der Waals surface area contributed by atoms with E-state index in [0.717, 1.165) is 37.4 Å². The summed E-state index contributed by atoms with van der Waals surface area (Å²) in [7, 11) is 0. The zero-order valence-corrected chi connectivity index (χ0v) is 11.7. The molecule has 1 unspecified atom stereocenters. The van der Waals surface area contributed by atoms with Crippen LogP contribution < -0.4 is 0 Å². The molecule has 1 fully saturated rings. The van der Waals surface area contributed by atoms with Crippen LogP contribution in [0, 0.1) is 5.92 Å². The summed E-state index contributed by atoms with van der Waals surface area (Å²) in [4.78, 5) is 2.43. The summed E-state index contributed by atoms with van der Waals surface area (Å²) in [5.41, 5.74) is 2.21. The minimum Gasteiger partial charge on any atom is -0.396 e. The number of aliphatic hydroxyl groups is 1. The quantitative estimate of drug-likeness (QED) is 0.905. The maximum atomic E-state index is 9.00. The number of benzene rings is 1. The normalized spacial score (nSPS) is 19.6. The third-order valence-electron chi connectivity index (χ3n) is 3.96. The molecule has 4 heteroatoms. The molecule has 2 heterocycles. The first-order valence-electron chi connectivity index (χ1n) is 7.28. The van der Waals surface area contributed by atoms with Gasteiger partial charge >= 0.3 is 0 Å². The molecule has 20 heavy (non-hydrogen) atoms. The molecular formula is C16H21N3O. The number of hydrogen-bond donors (Lipinski definition) is 1. The Kier molecular flexibility index (Phi) is 4.14. The third kappa shape index (κ3) is 3.08. The van der Waals surface area contributed by atoms with E-state index in [1.807, 2.05) is 29.1 Å². The van der Waals surface area contributed by atoms with E-state index in [-0.39, 0.29) is 0 Å². The second-order valence-corrected chi connectivity index (χ2v) is 5.49. The van der Waals surface area contributed by atoms with Crippen molar-refractivity contribution < 1.29 is 5.11 Å². The van der Waals surface area contributed by atoms with E-state index in [9.17, 15) is 0 Å². The van der Waals surface area contributed by atoms with Gasteiger partial charge in [-0.05, 0) is 43.5 Å². The first kappa shape index (κ1) is 13.3. The van der Waals surface area contributed by atoms with E-state index >= 15 is 0 Å². The smallest absolute Gasteiger partial charge is 0.0769 e. The summed E-state index contributed by atoms with van der Waals surface area (Å²) < 4.78 is 1.93. The molecular weight excluding hydrogens is 250 g/mol. The minimum atomic E-state index is 0.307. The number of para-hydroxylation sites is 1. The maximum absolute atomic E-state index is 9.00. The molecule has 3 rings (SSSR count). The molecule has 1 aliphatic rings. The fourth-order valence-electron chi connectivity index (χ4n) is 2.87.